The van der Waals surface area contributed by atoms with Crippen LogP contribution in [-0.4, -0.2) is 47.0 Å². The van der Waals surface area contributed by atoms with E-state index in [1.54, 1.807) is 41.4 Å². The van der Waals surface area contributed by atoms with Crippen LogP contribution in [-0.2, 0) is 9.53 Å². The monoisotopic (exact) mass is 519 g/mol. The van der Waals surface area contributed by atoms with Gasteiger partial charge in [-0.15, -0.1) is 0 Å². The highest BCUT2D eigenvalue weighted by Crippen LogP contribution is 2.26. The number of hydrogen-bond acceptors (Lipinski definition) is 5. The van der Waals surface area contributed by atoms with Crippen molar-refractivity contribution in [3.05, 3.63) is 84.1 Å². The summed E-state index contributed by atoms with van der Waals surface area (Å²) in [4.78, 5) is 20.1. The van der Waals surface area contributed by atoms with E-state index in [9.17, 15) is 9.18 Å². The van der Waals surface area contributed by atoms with Crippen LogP contribution in [0.3, 0.4) is 0 Å². The second-order valence-electron chi connectivity index (χ2n) is 8.93. The zero-order valence-corrected chi connectivity index (χ0v) is 22.8. The van der Waals surface area contributed by atoms with Gasteiger partial charge >= 0.3 is 0 Å². The summed E-state index contributed by atoms with van der Waals surface area (Å²) in [5.41, 5.74) is 3.49. The molecule has 1 N–H and O–H groups in total. The van der Waals surface area contributed by atoms with Crippen molar-refractivity contribution >= 4 is 23.4 Å². The summed E-state index contributed by atoms with van der Waals surface area (Å²) in [6.07, 6.45) is 8.82. The first-order valence-electron chi connectivity index (χ1n) is 13.2. The second-order valence-corrected chi connectivity index (χ2v) is 8.93. The van der Waals surface area contributed by atoms with E-state index in [1.807, 2.05) is 26.0 Å². The van der Waals surface area contributed by atoms with Crippen molar-refractivity contribution in [1.82, 2.24) is 20.1 Å². The Labute approximate surface area is 225 Å². The van der Waals surface area contributed by atoms with Crippen LogP contribution >= 0.6 is 0 Å². The van der Waals surface area contributed by atoms with Crippen molar-refractivity contribution in [2.75, 3.05) is 31.2 Å². The average molecular weight is 520 g/mol. The standard InChI is InChI=1S/C27H30FN5O2.C3H8/c1-4-22(23-18-30-33(25(23)6-3)21-9-7-20(28)8-10-21)27(34)31-24(5-2)19-11-12-29-26(17-19)32-13-15-35-16-14-32;1-3-2/h4,6-12,17-18,24H,3,5,13-16H2,1-2H3,(H,31,34);3H2,1-2H3/b22-4+;. The smallest absolute Gasteiger partial charge is 0.252 e. The fourth-order valence-electron chi connectivity index (χ4n) is 4.23. The predicted molar refractivity (Wildman–Crippen MR) is 152 cm³/mol. The number of morpholine rings is 1. The molecule has 1 atom stereocenters. The minimum atomic E-state index is -0.326. The lowest BCUT2D eigenvalue weighted by molar-refractivity contribution is -0.116. The van der Waals surface area contributed by atoms with E-state index >= 15 is 0 Å². The van der Waals surface area contributed by atoms with Gasteiger partial charge < -0.3 is 15.0 Å². The molecule has 1 amide bonds. The van der Waals surface area contributed by atoms with Gasteiger partial charge in [-0.2, -0.15) is 5.10 Å². The van der Waals surface area contributed by atoms with Gasteiger partial charge in [0.2, 0.25) is 0 Å². The van der Waals surface area contributed by atoms with Gasteiger partial charge in [0.25, 0.3) is 5.91 Å². The van der Waals surface area contributed by atoms with Gasteiger partial charge in [-0.25, -0.2) is 14.1 Å². The number of pyridine rings is 1. The number of rotatable bonds is 8. The Balaban J connectivity index is 0.00000127. The molecule has 0 bridgehead atoms. The van der Waals surface area contributed by atoms with Crippen molar-refractivity contribution in [3.63, 3.8) is 0 Å². The Hall–Kier alpha value is -3.78. The molecule has 3 heterocycles. The number of nitrogens with one attached hydrogen (secondary N) is 1. The topological polar surface area (TPSA) is 72.3 Å². The van der Waals surface area contributed by atoms with E-state index in [2.05, 4.69) is 40.7 Å². The third kappa shape index (κ3) is 6.95. The first-order chi connectivity index (χ1) is 18.5. The molecule has 1 aliphatic rings. The minimum absolute atomic E-state index is 0.181. The van der Waals surface area contributed by atoms with Gasteiger partial charge in [-0.3, -0.25) is 4.79 Å². The van der Waals surface area contributed by atoms with Crippen molar-refractivity contribution in [2.45, 2.75) is 46.6 Å². The molecule has 202 valence electrons. The van der Waals surface area contributed by atoms with E-state index in [-0.39, 0.29) is 17.8 Å². The number of amides is 1. The van der Waals surface area contributed by atoms with Crippen molar-refractivity contribution in [2.24, 2.45) is 0 Å². The number of allylic oxidation sites excluding steroid dienone is 1. The molecule has 1 unspecified atom stereocenters. The Kier molecular flexibility index (Phi) is 10.8. The maximum atomic E-state index is 13.4. The van der Waals surface area contributed by atoms with Gasteiger partial charge in [-0.05, 0) is 61.4 Å². The van der Waals surface area contributed by atoms with Gasteiger partial charge in [0, 0.05) is 30.4 Å². The third-order valence-electron chi connectivity index (χ3n) is 6.12. The molecule has 0 spiro atoms. The Morgan fingerprint density at radius 3 is 2.47 bits per heavy atom. The Morgan fingerprint density at radius 2 is 1.87 bits per heavy atom. The first kappa shape index (κ1) is 28.8. The number of nitrogens with zero attached hydrogens (tertiary/aromatic N) is 4. The molecule has 4 rings (SSSR count). The molecule has 8 heteroatoms. The number of aromatic nitrogens is 3. The maximum Gasteiger partial charge on any atom is 0.252 e. The van der Waals surface area contributed by atoms with E-state index < -0.39 is 0 Å². The highest BCUT2D eigenvalue weighted by atomic mass is 19.1. The molecule has 3 aromatic rings. The van der Waals surface area contributed by atoms with E-state index in [0.717, 1.165) is 30.9 Å². The molecule has 1 aromatic carbocycles. The molecule has 0 radical (unpaired) electrons. The van der Waals surface area contributed by atoms with Crippen LogP contribution < -0.4 is 10.2 Å². The molecule has 1 aliphatic heterocycles. The molecular formula is C30H38FN5O2. The quantitative estimate of drug-likeness (QED) is 0.371. The van der Waals surface area contributed by atoms with E-state index in [1.165, 1.54) is 18.6 Å². The second kappa shape index (κ2) is 14.2. The van der Waals surface area contributed by atoms with Crippen LogP contribution in [0, 0.1) is 5.82 Å². The largest absolute Gasteiger partial charge is 0.378 e. The van der Waals surface area contributed by atoms with E-state index in [0.29, 0.717) is 35.7 Å². The number of anilines is 1. The van der Waals surface area contributed by atoms with E-state index in [4.69, 9.17) is 4.74 Å². The summed E-state index contributed by atoms with van der Waals surface area (Å²) in [7, 11) is 0. The Bertz CT molecular complexity index is 1230. The minimum Gasteiger partial charge on any atom is -0.378 e. The summed E-state index contributed by atoms with van der Waals surface area (Å²) in [6.45, 7) is 15.0. The summed E-state index contributed by atoms with van der Waals surface area (Å²) in [6, 6.07) is 9.82. The van der Waals surface area contributed by atoms with Crippen molar-refractivity contribution in [3.8, 4) is 5.69 Å². The molecule has 0 aliphatic carbocycles. The van der Waals surface area contributed by atoms with Crippen molar-refractivity contribution in [1.29, 1.82) is 0 Å². The van der Waals surface area contributed by atoms with Crippen LogP contribution in [0.1, 0.15) is 63.4 Å². The van der Waals surface area contributed by atoms with Crippen LogP contribution in [0.15, 0.2) is 61.4 Å². The van der Waals surface area contributed by atoms with Crippen LogP contribution in [0.2, 0.25) is 0 Å². The van der Waals surface area contributed by atoms with Gasteiger partial charge in [0.05, 0.1) is 36.8 Å². The lowest BCUT2D eigenvalue weighted by Gasteiger charge is -2.28. The Morgan fingerprint density at radius 1 is 1.18 bits per heavy atom. The normalized spacial score (nSPS) is 14.3. The molecule has 1 saturated heterocycles. The van der Waals surface area contributed by atoms with Crippen LogP contribution in [0.5, 0.6) is 0 Å². The number of benzene rings is 1. The zero-order valence-electron chi connectivity index (χ0n) is 22.8. The summed E-state index contributed by atoms with van der Waals surface area (Å²) in [5, 5.41) is 7.61. The molecule has 7 nitrogen and oxygen atoms in total. The van der Waals surface area contributed by atoms with Gasteiger partial charge in [-0.1, -0.05) is 39.8 Å². The molecule has 2 aromatic heterocycles. The molecule has 38 heavy (non-hydrogen) atoms. The predicted octanol–water partition coefficient (Wildman–Crippen LogP) is 5.97. The first-order valence-corrected chi connectivity index (χ1v) is 13.2. The average Bonchev–Trinajstić information content (AvgIpc) is 3.37. The number of carbonyl (C=O) groups is 1. The summed E-state index contributed by atoms with van der Waals surface area (Å²) >= 11 is 0. The molecule has 1 fully saturated rings. The third-order valence-corrected chi connectivity index (χ3v) is 6.12. The molecule has 0 saturated carbocycles. The number of halogens is 1. The highest BCUT2D eigenvalue weighted by molar-refractivity contribution is 6.20. The van der Waals surface area contributed by atoms with Crippen LogP contribution in [0.4, 0.5) is 10.2 Å². The van der Waals surface area contributed by atoms with Gasteiger partial charge in [0.15, 0.2) is 0 Å². The number of carbonyl (C=O) groups excluding carboxylic acids is 1. The highest BCUT2D eigenvalue weighted by Gasteiger charge is 2.22. The van der Waals surface area contributed by atoms with Crippen molar-refractivity contribution < 1.29 is 13.9 Å². The zero-order chi connectivity index (χ0) is 27.5. The summed E-state index contributed by atoms with van der Waals surface area (Å²) < 4.78 is 20.5. The maximum absolute atomic E-state index is 13.4. The SMILES string of the molecule is C=Cc1c(/C(=C\C)C(=O)NC(CC)c2ccnc(N3CCOCC3)c2)cnn1-c1ccc(F)cc1.CCC. The lowest BCUT2D eigenvalue weighted by atomic mass is 10.0. The summed E-state index contributed by atoms with van der Waals surface area (Å²) in [5.74, 6) is 0.360. The lowest BCUT2D eigenvalue weighted by Crippen LogP contribution is -2.37. The number of ether oxygens (including phenoxy) is 1. The molecular weight excluding hydrogens is 481 g/mol. The number of hydrogen-bond donors (Lipinski definition) is 1. The van der Waals surface area contributed by atoms with Gasteiger partial charge in [0.1, 0.15) is 11.6 Å². The fourth-order valence-corrected chi connectivity index (χ4v) is 4.23. The van der Waals surface area contributed by atoms with Crippen LogP contribution in [0.25, 0.3) is 17.3 Å². The fraction of sp³-hybridized carbons (Fsp3) is 0.367.